The topological polar surface area (TPSA) is 46.3 Å². The molecule has 2 aromatic rings. The fraction of sp³-hybridized carbons (Fsp3) is 0.400. The van der Waals surface area contributed by atoms with E-state index in [1.54, 1.807) is 4.90 Å². The van der Waals surface area contributed by atoms with Gasteiger partial charge in [0.25, 0.3) is 5.91 Å². The molecule has 3 nitrogen and oxygen atoms in total. The summed E-state index contributed by atoms with van der Waals surface area (Å²) in [6.07, 6.45) is 1.01. The summed E-state index contributed by atoms with van der Waals surface area (Å²) in [4.78, 5) is 14.8. The summed E-state index contributed by atoms with van der Waals surface area (Å²) >= 11 is 1.48. The minimum absolute atomic E-state index is 0.0272. The summed E-state index contributed by atoms with van der Waals surface area (Å²) in [5.74, 6) is 0.620. The number of nitrogens with zero attached hydrogens (tertiary/aromatic N) is 1. The van der Waals surface area contributed by atoms with E-state index in [0.717, 1.165) is 23.1 Å². The van der Waals surface area contributed by atoms with Gasteiger partial charge in [-0.25, -0.2) is 0 Å². The van der Waals surface area contributed by atoms with Crippen LogP contribution in [-0.2, 0) is 0 Å². The highest BCUT2D eigenvalue weighted by atomic mass is 32.1. The Hall–Kier alpha value is -1.55. The average molecular weight is 276 g/mol. The quantitative estimate of drug-likeness (QED) is 0.927. The highest BCUT2D eigenvalue weighted by Gasteiger charge is 2.19. The summed E-state index contributed by atoms with van der Waals surface area (Å²) in [5.41, 5.74) is 6.71. The van der Waals surface area contributed by atoms with Gasteiger partial charge in [0.2, 0.25) is 0 Å². The molecule has 0 saturated carbocycles. The SMILES string of the molecule is CC(C)CCN(C)C(=O)c1sc2ccccc2c1N. The molecule has 1 amide bonds. The lowest BCUT2D eigenvalue weighted by Gasteiger charge is -2.17. The number of hydrogen-bond acceptors (Lipinski definition) is 3. The lowest BCUT2D eigenvalue weighted by molar-refractivity contribution is 0.0795. The van der Waals surface area contributed by atoms with E-state index in [9.17, 15) is 4.79 Å². The van der Waals surface area contributed by atoms with Crippen LogP contribution in [0, 0.1) is 5.92 Å². The van der Waals surface area contributed by atoms with Crippen molar-refractivity contribution >= 4 is 33.0 Å². The molecule has 0 atom stereocenters. The fourth-order valence-corrected chi connectivity index (χ4v) is 3.07. The van der Waals surface area contributed by atoms with Crippen LogP contribution in [-0.4, -0.2) is 24.4 Å². The molecule has 0 aliphatic heterocycles. The fourth-order valence-electron chi connectivity index (χ4n) is 1.95. The van der Waals surface area contributed by atoms with Gasteiger partial charge in [-0.05, 0) is 18.4 Å². The largest absolute Gasteiger partial charge is 0.397 e. The van der Waals surface area contributed by atoms with Crippen LogP contribution in [0.15, 0.2) is 24.3 Å². The van der Waals surface area contributed by atoms with Crippen molar-refractivity contribution in [3.8, 4) is 0 Å². The first-order valence-corrected chi connectivity index (χ1v) is 7.34. The van der Waals surface area contributed by atoms with E-state index < -0.39 is 0 Å². The van der Waals surface area contributed by atoms with Crippen LogP contribution in [0.4, 0.5) is 5.69 Å². The highest BCUT2D eigenvalue weighted by molar-refractivity contribution is 7.21. The van der Waals surface area contributed by atoms with Gasteiger partial charge in [-0.15, -0.1) is 11.3 Å². The summed E-state index contributed by atoms with van der Waals surface area (Å²) < 4.78 is 1.07. The van der Waals surface area contributed by atoms with Crippen LogP contribution in [0.1, 0.15) is 29.9 Å². The van der Waals surface area contributed by atoms with Gasteiger partial charge in [-0.3, -0.25) is 4.79 Å². The molecule has 0 aliphatic rings. The Kier molecular flexibility index (Phi) is 4.10. The molecule has 1 aromatic carbocycles. The van der Waals surface area contributed by atoms with Gasteiger partial charge in [-0.1, -0.05) is 32.0 Å². The van der Waals surface area contributed by atoms with E-state index in [-0.39, 0.29) is 5.91 Å². The summed E-state index contributed by atoms with van der Waals surface area (Å²) in [7, 11) is 1.84. The Balaban J connectivity index is 2.24. The van der Waals surface area contributed by atoms with Gasteiger partial charge in [0, 0.05) is 23.7 Å². The molecular formula is C15H20N2OS. The molecule has 19 heavy (non-hydrogen) atoms. The number of carbonyl (C=O) groups excluding carboxylic acids is 1. The van der Waals surface area contributed by atoms with Gasteiger partial charge in [0.15, 0.2) is 0 Å². The number of rotatable bonds is 4. The first kappa shape index (κ1) is 13.9. The van der Waals surface area contributed by atoms with Crippen molar-refractivity contribution in [1.29, 1.82) is 0 Å². The molecule has 0 fully saturated rings. The molecule has 0 saturated heterocycles. The maximum absolute atomic E-state index is 12.4. The highest BCUT2D eigenvalue weighted by Crippen LogP contribution is 2.34. The van der Waals surface area contributed by atoms with Crippen LogP contribution in [0.25, 0.3) is 10.1 Å². The molecule has 2 N–H and O–H groups in total. The molecule has 0 unspecified atom stereocenters. The Bertz CT molecular complexity index is 589. The third kappa shape index (κ3) is 2.89. The zero-order chi connectivity index (χ0) is 14.0. The first-order chi connectivity index (χ1) is 9.00. The number of amides is 1. The Morgan fingerprint density at radius 3 is 2.68 bits per heavy atom. The maximum atomic E-state index is 12.4. The second-order valence-corrected chi connectivity index (χ2v) is 6.30. The molecule has 0 radical (unpaired) electrons. The van der Waals surface area contributed by atoms with E-state index in [2.05, 4.69) is 13.8 Å². The van der Waals surface area contributed by atoms with Gasteiger partial charge < -0.3 is 10.6 Å². The molecule has 0 aliphatic carbocycles. The average Bonchev–Trinajstić information content (AvgIpc) is 2.73. The standard InChI is InChI=1S/C15H20N2OS/c1-10(2)8-9-17(3)15(18)14-13(16)11-6-4-5-7-12(11)19-14/h4-7,10H,8-9,16H2,1-3H3. The van der Waals surface area contributed by atoms with E-state index in [1.165, 1.54) is 11.3 Å². The van der Waals surface area contributed by atoms with Crippen molar-refractivity contribution in [2.24, 2.45) is 5.92 Å². The zero-order valence-corrected chi connectivity index (χ0v) is 12.5. The van der Waals surface area contributed by atoms with E-state index in [1.807, 2.05) is 31.3 Å². The molecular weight excluding hydrogens is 256 g/mol. The van der Waals surface area contributed by atoms with Crippen molar-refractivity contribution < 1.29 is 4.79 Å². The maximum Gasteiger partial charge on any atom is 0.265 e. The number of anilines is 1. The Morgan fingerprint density at radius 1 is 1.37 bits per heavy atom. The summed E-state index contributed by atoms with van der Waals surface area (Å²) in [5, 5.41) is 0.980. The van der Waals surface area contributed by atoms with E-state index in [0.29, 0.717) is 16.5 Å². The van der Waals surface area contributed by atoms with Crippen molar-refractivity contribution in [3.63, 3.8) is 0 Å². The van der Waals surface area contributed by atoms with Gasteiger partial charge in [-0.2, -0.15) is 0 Å². The van der Waals surface area contributed by atoms with Crippen molar-refractivity contribution in [3.05, 3.63) is 29.1 Å². The lowest BCUT2D eigenvalue weighted by atomic mass is 10.1. The molecule has 0 spiro atoms. The second-order valence-electron chi connectivity index (χ2n) is 5.25. The molecule has 0 bridgehead atoms. The van der Waals surface area contributed by atoms with E-state index in [4.69, 9.17) is 5.73 Å². The molecule has 1 heterocycles. The molecule has 4 heteroatoms. The number of carbonyl (C=O) groups is 1. The van der Waals surface area contributed by atoms with Crippen LogP contribution in [0.3, 0.4) is 0 Å². The second kappa shape index (κ2) is 5.61. The lowest BCUT2D eigenvalue weighted by Crippen LogP contribution is -2.28. The predicted octanol–water partition coefficient (Wildman–Crippen LogP) is 3.60. The Morgan fingerprint density at radius 2 is 2.05 bits per heavy atom. The van der Waals surface area contributed by atoms with Gasteiger partial charge in [0.05, 0.1) is 5.69 Å². The van der Waals surface area contributed by atoms with Crippen LogP contribution >= 0.6 is 11.3 Å². The van der Waals surface area contributed by atoms with Crippen molar-refractivity contribution in [1.82, 2.24) is 4.90 Å². The van der Waals surface area contributed by atoms with Crippen LogP contribution in [0.2, 0.25) is 0 Å². The third-order valence-electron chi connectivity index (χ3n) is 3.22. The predicted molar refractivity (Wildman–Crippen MR) is 82.7 cm³/mol. The van der Waals surface area contributed by atoms with E-state index >= 15 is 0 Å². The normalized spacial score (nSPS) is 11.2. The number of fused-ring (bicyclic) bond motifs is 1. The van der Waals surface area contributed by atoms with Crippen LogP contribution in [0.5, 0.6) is 0 Å². The minimum atomic E-state index is 0.0272. The molecule has 2 rings (SSSR count). The van der Waals surface area contributed by atoms with Crippen molar-refractivity contribution in [2.75, 3.05) is 19.3 Å². The summed E-state index contributed by atoms with van der Waals surface area (Å²) in [6, 6.07) is 7.88. The smallest absolute Gasteiger partial charge is 0.265 e. The van der Waals surface area contributed by atoms with Crippen molar-refractivity contribution in [2.45, 2.75) is 20.3 Å². The molecule has 102 valence electrons. The summed E-state index contributed by atoms with van der Waals surface area (Å²) in [6.45, 7) is 5.09. The first-order valence-electron chi connectivity index (χ1n) is 6.53. The minimum Gasteiger partial charge on any atom is -0.397 e. The van der Waals surface area contributed by atoms with Crippen LogP contribution < -0.4 is 5.73 Å². The Labute approximate surface area is 118 Å². The number of nitrogen functional groups attached to an aromatic ring is 1. The molecule has 1 aromatic heterocycles. The number of benzene rings is 1. The third-order valence-corrected chi connectivity index (χ3v) is 4.39. The van der Waals surface area contributed by atoms with Gasteiger partial charge >= 0.3 is 0 Å². The number of nitrogens with two attached hydrogens (primary N) is 1. The number of thiophene rings is 1. The van der Waals surface area contributed by atoms with Gasteiger partial charge in [0.1, 0.15) is 4.88 Å². The monoisotopic (exact) mass is 276 g/mol. The number of hydrogen-bond donors (Lipinski definition) is 1. The zero-order valence-electron chi connectivity index (χ0n) is 11.6.